The van der Waals surface area contributed by atoms with Crippen LogP contribution in [0, 0.1) is 26.8 Å². The number of hydrogen-bond acceptors (Lipinski definition) is 6. The first-order valence-electron chi connectivity index (χ1n) is 6.01. The van der Waals surface area contributed by atoms with Gasteiger partial charge in [0.15, 0.2) is 0 Å². The Morgan fingerprint density at radius 3 is 2.41 bits per heavy atom. The molecule has 8 nitrogen and oxygen atoms in total. The highest BCUT2D eigenvalue weighted by molar-refractivity contribution is 6.74. The predicted molar refractivity (Wildman–Crippen MR) is 79.4 cm³/mol. The fourth-order valence-electron chi connectivity index (χ4n) is 1.77. The highest BCUT2D eigenvalue weighted by Crippen LogP contribution is 2.27. The first-order valence-corrected chi connectivity index (χ1v) is 6.01. The van der Waals surface area contributed by atoms with E-state index in [1.807, 2.05) is 0 Å². The van der Waals surface area contributed by atoms with E-state index in [-0.39, 0.29) is 16.8 Å². The van der Waals surface area contributed by atoms with Gasteiger partial charge in [-0.25, -0.2) is 4.39 Å². The molecule has 116 valence electrons. The van der Waals surface area contributed by atoms with Crippen molar-refractivity contribution in [2.45, 2.75) is 0 Å². The van der Waals surface area contributed by atoms with Crippen molar-refractivity contribution in [3.63, 3.8) is 0 Å². The standard InChI is InChI=1S/C12H9FN4O3.CH5N/c1-16-5-8(10(14)11(15)12(16)18)7-4-6(17(19)20)2-3-9(7)13;1-2/h2-5,14-15H,1H3;2H2,1H3. The number of hydrogen-bond donors (Lipinski definition) is 3. The van der Waals surface area contributed by atoms with Crippen LogP contribution in [0.15, 0.2) is 24.4 Å². The Labute approximate surface area is 125 Å². The van der Waals surface area contributed by atoms with Crippen LogP contribution in [0.4, 0.5) is 10.1 Å². The molecule has 0 saturated carbocycles. The number of nitrogens with two attached hydrogens (primary N) is 1. The SMILES string of the molecule is CN.CN1C=C(c2cc([N+](=O)[O-])ccc2F)C(=N)C(=N)C1=O. The molecule has 1 aromatic rings. The summed E-state index contributed by atoms with van der Waals surface area (Å²) in [5.41, 5.74) is 2.89. The monoisotopic (exact) mass is 307 g/mol. The van der Waals surface area contributed by atoms with Crippen molar-refractivity contribution in [2.75, 3.05) is 14.1 Å². The second kappa shape index (κ2) is 6.68. The molecule has 0 spiro atoms. The summed E-state index contributed by atoms with van der Waals surface area (Å²) in [6.45, 7) is 0. The minimum absolute atomic E-state index is 0.0432. The van der Waals surface area contributed by atoms with Gasteiger partial charge in [-0.05, 0) is 13.1 Å². The Kier molecular flexibility index (Phi) is 5.19. The van der Waals surface area contributed by atoms with Crippen molar-refractivity contribution in [1.82, 2.24) is 4.90 Å². The van der Waals surface area contributed by atoms with Crippen molar-refractivity contribution < 1.29 is 14.1 Å². The third-order valence-electron chi connectivity index (χ3n) is 2.83. The molecule has 0 unspecified atom stereocenters. The van der Waals surface area contributed by atoms with Crippen LogP contribution in [-0.4, -0.2) is 41.2 Å². The van der Waals surface area contributed by atoms with Gasteiger partial charge in [0.2, 0.25) is 0 Å². The van der Waals surface area contributed by atoms with Gasteiger partial charge >= 0.3 is 0 Å². The Morgan fingerprint density at radius 2 is 1.86 bits per heavy atom. The Morgan fingerprint density at radius 1 is 1.27 bits per heavy atom. The van der Waals surface area contributed by atoms with Gasteiger partial charge in [0.05, 0.1) is 10.6 Å². The Hall–Kier alpha value is -2.94. The van der Waals surface area contributed by atoms with Crippen molar-refractivity contribution in [3.8, 4) is 0 Å². The summed E-state index contributed by atoms with van der Waals surface area (Å²) in [5, 5.41) is 25.9. The number of nitrogens with one attached hydrogen (secondary N) is 2. The number of nitro groups is 1. The van der Waals surface area contributed by atoms with Gasteiger partial charge < -0.3 is 10.6 Å². The van der Waals surface area contributed by atoms with Gasteiger partial charge in [0.1, 0.15) is 11.5 Å². The van der Waals surface area contributed by atoms with Crippen LogP contribution in [-0.2, 0) is 4.79 Å². The summed E-state index contributed by atoms with van der Waals surface area (Å²) >= 11 is 0. The van der Waals surface area contributed by atoms with Crippen molar-refractivity contribution in [2.24, 2.45) is 5.73 Å². The normalized spacial score (nSPS) is 14.3. The highest BCUT2D eigenvalue weighted by atomic mass is 19.1. The topological polar surface area (TPSA) is 137 Å². The van der Waals surface area contributed by atoms with Gasteiger partial charge in [-0.15, -0.1) is 0 Å². The summed E-state index contributed by atoms with van der Waals surface area (Å²) in [6, 6.07) is 2.90. The molecular weight excluding hydrogens is 293 g/mol. The van der Waals surface area contributed by atoms with Crippen LogP contribution in [0.3, 0.4) is 0 Å². The molecular formula is C13H14FN5O3. The smallest absolute Gasteiger partial charge is 0.277 e. The van der Waals surface area contributed by atoms with E-state index in [1.165, 1.54) is 20.3 Å². The molecule has 0 aliphatic carbocycles. The molecule has 1 aliphatic rings. The molecule has 0 bridgehead atoms. The maximum Gasteiger partial charge on any atom is 0.277 e. The van der Waals surface area contributed by atoms with Gasteiger partial charge in [-0.2, -0.15) is 0 Å². The molecule has 0 radical (unpaired) electrons. The second-order valence-corrected chi connectivity index (χ2v) is 4.13. The average Bonchev–Trinajstić information content (AvgIpc) is 2.51. The Bertz CT molecular complexity index is 699. The molecule has 1 aliphatic heterocycles. The van der Waals surface area contributed by atoms with E-state index in [1.54, 1.807) is 0 Å². The van der Waals surface area contributed by atoms with Gasteiger partial charge in [-0.1, -0.05) is 0 Å². The van der Waals surface area contributed by atoms with E-state index in [4.69, 9.17) is 10.8 Å². The van der Waals surface area contributed by atoms with Gasteiger partial charge in [0.25, 0.3) is 11.6 Å². The van der Waals surface area contributed by atoms with Crippen LogP contribution in [0.2, 0.25) is 0 Å². The average molecular weight is 307 g/mol. The van der Waals surface area contributed by atoms with Crippen LogP contribution < -0.4 is 5.73 Å². The maximum atomic E-state index is 13.8. The molecule has 0 saturated heterocycles. The van der Waals surface area contributed by atoms with Crippen LogP contribution in [0.5, 0.6) is 0 Å². The molecule has 1 aromatic carbocycles. The lowest BCUT2D eigenvalue weighted by atomic mass is 9.95. The zero-order valence-corrected chi connectivity index (χ0v) is 11.9. The summed E-state index contributed by atoms with van der Waals surface area (Å²) in [4.78, 5) is 22.6. The third-order valence-corrected chi connectivity index (χ3v) is 2.83. The minimum Gasteiger partial charge on any atom is -0.333 e. The van der Waals surface area contributed by atoms with Crippen LogP contribution in [0.1, 0.15) is 5.56 Å². The molecule has 1 amide bonds. The number of non-ortho nitro benzene ring substituents is 1. The van der Waals surface area contributed by atoms with Crippen LogP contribution in [0.25, 0.3) is 5.57 Å². The molecule has 0 aromatic heterocycles. The number of carbonyl (C=O) groups excluding carboxylic acids is 1. The fraction of sp³-hybridized carbons (Fsp3) is 0.154. The number of allylic oxidation sites excluding steroid dienone is 1. The number of amides is 1. The maximum absolute atomic E-state index is 13.8. The lowest BCUT2D eigenvalue weighted by Crippen LogP contribution is -2.38. The molecule has 1 heterocycles. The number of nitrogens with zero attached hydrogens (tertiary/aromatic N) is 2. The number of nitro benzene ring substituents is 1. The third kappa shape index (κ3) is 3.04. The number of benzene rings is 1. The van der Waals surface area contributed by atoms with Gasteiger partial charge in [-0.3, -0.25) is 25.7 Å². The lowest BCUT2D eigenvalue weighted by molar-refractivity contribution is -0.384. The predicted octanol–water partition coefficient (Wildman–Crippen LogP) is 1.16. The largest absolute Gasteiger partial charge is 0.333 e. The molecule has 22 heavy (non-hydrogen) atoms. The zero-order valence-electron chi connectivity index (χ0n) is 11.9. The molecule has 0 fully saturated rings. The zero-order chi connectivity index (χ0) is 17.0. The van der Waals surface area contributed by atoms with Crippen molar-refractivity contribution >= 4 is 28.6 Å². The minimum atomic E-state index is -0.762. The molecule has 0 atom stereocenters. The van der Waals surface area contributed by atoms with E-state index in [0.29, 0.717) is 0 Å². The van der Waals surface area contributed by atoms with E-state index < -0.39 is 28.1 Å². The number of halogens is 1. The highest BCUT2D eigenvalue weighted by Gasteiger charge is 2.29. The second-order valence-electron chi connectivity index (χ2n) is 4.13. The van der Waals surface area contributed by atoms with Gasteiger partial charge in [0, 0.05) is 36.5 Å². The van der Waals surface area contributed by atoms with Crippen LogP contribution >= 0.6 is 0 Å². The van der Waals surface area contributed by atoms with Crippen molar-refractivity contribution in [1.29, 1.82) is 10.8 Å². The quantitative estimate of drug-likeness (QED) is 0.557. The lowest BCUT2D eigenvalue weighted by Gasteiger charge is -2.22. The number of carbonyl (C=O) groups is 1. The molecule has 4 N–H and O–H groups in total. The van der Waals surface area contributed by atoms with Crippen molar-refractivity contribution in [3.05, 3.63) is 45.9 Å². The molecule has 2 rings (SSSR count). The van der Waals surface area contributed by atoms with E-state index in [9.17, 15) is 19.3 Å². The molecule has 9 heteroatoms. The summed E-state index contributed by atoms with van der Waals surface area (Å²) in [5.74, 6) is -1.45. The first-order chi connectivity index (χ1) is 10.3. The Balaban J connectivity index is 0.00000116. The van der Waals surface area contributed by atoms with E-state index in [0.717, 1.165) is 23.1 Å². The summed E-state index contributed by atoms with van der Waals surface area (Å²) < 4.78 is 13.8. The summed E-state index contributed by atoms with van der Waals surface area (Å²) in [6.07, 6.45) is 1.19. The fourth-order valence-corrected chi connectivity index (χ4v) is 1.77. The summed E-state index contributed by atoms with van der Waals surface area (Å²) in [7, 11) is 2.86. The number of rotatable bonds is 2. The first kappa shape index (κ1) is 17.1. The van der Waals surface area contributed by atoms with E-state index >= 15 is 0 Å². The van der Waals surface area contributed by atoms with E-state index in [2.05, 4.69) is 5.73 Å².